The van der Waals surface area contributed by atoms with E-state index in [0.717, 1.165) is 23.0 Å². The molecule has 0 aliphatic carbocycles. The van der Waals surface area contributed by atoms with E-state index < -0.39 is 0 Å². The highest BCUT2D eigenvalue weighted by Gasteiger charge is 2.12. The highest BCUT2D eigenvalue weighted by molar-refractivity contribution is 9.10. The van der Waals surface area contributed by atoms with E-state index in [4.69, 9.17) is 4.42 Å². The number of aromatic nitrogens is 2. The Kier molecular flexibility index (Phi) is 4.94. The normalized spacial score (nSPS) is 11.8. The topological polar surface area (TPSA) is 51.0 Å². The Labute approximate surface area is 128 Å². The average Bonchev–Trinajstić information content (AvgIpc) is 2.83. The molecule has 0 saturated heterocycles. The summed E-state index contributed by atoms with van der Waals surface area (Å²) in [4.78, 5) is 0. The van der Waals surface area contributed by atoms with Crippen LogP contribution in [0.15, 0.2) is 33.2 Å². The second kappa shape index (κ2) is 6.50. The molecule has 0 unspecified atom stereocenters. The van der Waals surface area contributed by atoms with E-state index in [0.29, 0.717) is 23.7 Å². The maximum absolute atomic E-state index is 5.67. The highest BCUT2D eigenvalue weighted by Crippen LogP contribution is 2.26. The number of benzene rings is 1. The lowest BCUT2D eigenvalue weighted by Gasteiger charge is -2.17. The summed E-state index contributed by atoms with van der Waals surface area (Å²) in [6, 6.07) is 7.82. The van der Waals surface area contributed by atoms with Crippen LogP contribution >= 0.6 is 15.9 Å². The van der Waals surface area contributed by atoms with Crippen molar-refractivity contribution < 1.29 is 4.42 Å². The molecule has 4 nitrogen and oxygen atoms in total. The van der Waals surface area contributed by atoms with Crippen LogP contribution < -0.4 is 5.32 Å². The van der Waals surface area contributed by atoms with Crippen molar-refractivity contribution in [1.82, 2.24) is 15.5 Å². The number of nitrogens with zero attached hydrogens (tertiary/aromatic N) is 2. The zero-order valence-corrected chi connectivity index (χ0v) is 13.7. The van der Waals surface area contributed by atoms with Gasteiger partial charge in [0.1, 0.15) is 0 Å². The van der Waals surface area contributed by atoms with Gasteiger partial charge in [0.15, 0.2) is 0 Å². The Bertz CT molecular complexity index is 560. The van der Waals surface area contributed by atoms with Crippen molar-refractivity contribution in [2.75, 3.05) is 6.54 Å². The zero-order chi connectivity index (χ0) is 14.6. The molecule has 2 aromatic rings. The molecule has 2 rings (SSSR count). The number of hydrogen-bond acceptors (Lipinski definition) is 4. The lowest BCUT2D eigenvalue weighted by molar-refractivity contribution is 0.360. The van der Waals surface area contributed by atoms with E-state index in [-0.39, 0.29) is 0 Å². The van der Waals surface area contributed by atoms with E-state index in [1.54, 1.807) is 0 Å². The largest absolute Gasteiger partial charge is 0.419 e. The predicted octanol–water partition coefficient (Wildman–Crippen LogP) is 4.02. The zero-order valence-electron chi connectivity index (χ0n) is 12.1. The summed E-state index contributed by atoms with van der Waals surface area (Å²) in [6.07, 6.45) is 1.11. The molecule has 108 valence electrons. The van der Waals surface area contributed by atoms with Gasteiger partial charge in [-0.1, -0.05) is 32.9 Å². The van der Waals surface area contributed by atoms with Crippen LogP contribution in [0.25, 0.3) is 11.5 Å². The summed E-state index contributed by atoms with van der Waals surface area (Å²) < 4.78 is 6.62. The van der Waals surface area contributed by atoms with Gasteiger partial charge >= 0.3 is 0 Å². The van der Waals surface area contributed by atoms with Gasteiger partial charge in [-0.3, -0.25) is 0 Å². The third kappa shape index (κ3) is 4.42. The van der Waals surface area contributed by atoms with E-state index in [2.05, 4.69) is 52.2 Å². The van der Waals surface area contributed by atoms with E-state index in [1.807, 2.05) is 24.3 Å². The van der Waals surface area contributed by atoms with Crippen LogP contribution in [0.3, 0.4) is 0 Å². The Balaban J connectivity index is 1.92. The molecule has 1 aromatic carbocycles. The Morgan fingerprint density at radius 2 is 1.95 bits per heavy atom. The number of rotatable bonds is 5. The van der Waals surface area contributed by atoms with Crippen LogP contribution in [0.2, 0.25) is 0 Å². The van der Waals surface area contributed by atoms with Crippen LogP contribution in [0.1, 0.15) is 33.1 Å². The van der Waals surface area contributed by atoms with Gasteiger partial charge in [-0.05, 0) is 46.4 Å². The first kappa shape index (κ1) is 15.2. The van der Waals surface area contributed by atoms with Gasteiger partial charge < -0.3 is 9.73 Å². The first-order chi connectivity index (χ1) is 9.46. The van der Waals surface area contributed by atoms with E-state index in [1.165, 1.54) is 0 Å². The van der Waals surface area contributed by atoms with Gasteiger partial charge in [0.05, 0.1) is 12.1 Å². The smallest absolute Gasteiger partial charge is 0.248 e. The monoisotopic (exact) mass is 337 g/mol. The molecular formula is C15H20BrN3O. The van der Waals surface area contributed by atoms with Crippen molar-refractivity contribution in [3.63, 3.8) is 0 Å². The third-order valence-electron chi connectivity index (χ3n) is 2.90. The van der Waals surface area contributed by atoms with Gasteiger partial charge in [0, 0.05) is 4.47 Å². The molecule has 0 spiro atoms. The molecule has 1 N–H and O–H groups in total. The Hall–Kier alpha value is -1.20. The second-order valence-corrected chi connectivity index (χ2v) is 6.82. The SMILES string of the molecule is CC(C)(C)CCNCc1nnc(-c2ccccc2Br)o1. The fourth-order valence-corrected chi connectivity index (χ4v) is 2.18. The molecule has 0 bridgehead atoms. The second-order valence-electron chi connectivity index (χ2n) is 5.97. The van der Waals surface area contributed by atoms with Gasteiger partial charge in [0.2, 0.25) is 11.8 Å². The minimum absolute atomic E-state index is 0.335. The molecule has 0 atom stereocenters. The van der Waals surface area contributed by atoms with Crippen LogP contribution in [-0.4, -0.2) is 16.7 Å². The minimum Gasteiger partial charge on any atom is -0.419 e. The van der Waals surface area contributed by atoms with Gasteiger partial charge in [-0.2, -0.15) is 0 Å². The standard InChI is InChI=1S/C15H20BrN3O/c1-15(2,3)8-9-17-10-13-18-19-14(20-13)11-6-4-5-7-12(11)16/h4-7,17H,8-10H2,1-3H3. The van der Waals surface area contributed by atoms with Crippen LogP contribution in [0.4, 0.5) is 0 Å². The summed E-state index contributed by atoms with van der Waals surface area (Å²) in [5.74, 6) is 1.16. The van der Waals surface area contributed by atoms with Crippen LogP contribution in [0, 0.1) is 5.41 Å². The maximum Gasteiger partial charge on any atom is 0.248 e. The van der Waals surface area contributed by atoms with Gasteiger partial charge in [-0.25, -0.2) is 0 Å². The highest BCUT2D eigenvalue weighted by atomic mass is 79.9. The molecule has 0 aliphatic heterocycles. The van der Waals surface area contributed by atoms with E-state index in [9.17, 15) is 0 Å². The lowest BCUT2D eigenvalue weighted by Crippen LogP contribution is -2.20. The number of hydrogen-bond donors (Lipinski definition) is 1. The van der Waals surface area contributed by atoms with Gasteiger partial charge in [-0.15, -0.1) is 10.2 Å². The molecule has 1 heterocycles. The first-order valence-corrected chi connectivity index (χ1v) is 7.53. The molecule has 1 aromatic heterocycles. The Morgan fingerprint density at radius 3 is 2.65 bits per heavy atom. The number of nitrogens with one attached hydrogen (secondary N) is 1. The maximum atomic E-state index is 5.67. The predicted molar refractivity (Wildman–Crippen MR) is 83.2 cm³/mol. The van der Waals surface area contributed by atoms with Crippen molar-refractivity contribution in [2.24, 2.45) is 5.41 Å². The molecular weight excluding hydrogens is 318 g/mol. The average molecular weight is 338 g/mol. The molecule has 0 aliphatic rings. The molecule has 20 heavy (non-hydrogen) atoms. The molecule has 0 fully saturated rings. The summed E-state index contributed by atoms with van der Waals surface area (Å²) in [6.45, 7) is 8.23. The van der Waals surface area contributed by atoms with Crippen molar-refractivity contribution in [3.8, 4) is 11.5 Å². The van der Waals surface area contributed by atoms with Gasteiger partial charge in [0.25, 0.3) is 0 Å². The summed E-state index contributed by atoms with van der Waals surface area (Å²) >= 11 is 3.48. The summed E-state index contributed by atoms with van der Waals surface area (Å²) in [7, 11) is 0. The summed E-state index contributed by atoms with van der Waals surface area (Å²) in [5.41, 5.74) is 1.25. The van der Waals surface area contributed by atoms with Crippen molar-refractivity contribution >= 4 is 15.9 Å². The lowest BCUT2D eigenvalue weighted by atomic mass is 9.92. The number of halogens is 1. The fraction of sp³-hybridized carbons (Fsp3) is 0.467. The van der Waals surface area contributed by atoms with E-state index >= 15 is 0 Å². The molecule has 0 saturated carbocycles. The first-order valence-electron chi connectivity index (χ1n) is 6.74. The van der Waals surface area contributed by atoms with Crippen molar-refractivity contribution in [2.45, 2.75) is 33.7 Å². The Morgan fingerprint density at radius 1 is 1.20 bits per heavy atom. The van der Waals surface area contributed by atoms with Crippen LogP contribution in [0.5, 0.6) is 0 Å². The molecule has 0 amide bonds. The molecule has 0 radical (unpaired) electrons. The van der Waals surface area contributed by atoms with Crippen molar-refractivity contribution in [3.05, 3.63) is 34.6 Å². The van der Waals surface area contributed by atoms with Crippen LogP contribution in [-0.2, 0) is 6.54 Å². The van der Waals surface area contributed by atoms with Crippen molar-refractivity contribution in [1.29, 1.82) is 0 Å². The summed E-state index contributed by atoms with van der Waals surface area (Å²) in [5, 5.41) is 11.5. The quantitative estimate of drug-likeness (QED) is 0.837. The fourth-order valence-electron chi connectivity index (χ4n) is 1.73. The molecule has 5 heteroatoms. The third-order valence-corrected chi connectivity index (χ3v) is 3.59. The minimum atomic E-state index is 0.335.